The van der Waals surface area contributed by atoms with E-state index in [0.717, 1.165) is 25.0 Å². The van der Waals surface area contributed by atoms with E-state index in [2.05, 4.69) is 27.0 Å². The lowest BCUT2D eigenvalue weighted by atomic mass is 9.66. The largest absolute Gasteiger partial charge is 0.494 e. The second-order valence-corrected chi connectivity index (χ2v) is 14.5. The molecule has 1 aromatic rings. The van der Waals surface area contributed by atoms with Gasteiger partial charge in [-0.2, -0.15) is 0 Å². The van der Waals surface area contributed by atoms with Crippen LogP contribution in [-0.2, 0) is 14.4 Å². The van der Waals surface area contributed by atoms with Gasteiger partial charge in [-0.3, -0.25) is 14.4 Å². The highest BCUT2D eigenvalue weighted by Crippen LogP contribution is 2.72. The first-order chi connectivity index (χ1) is 20.5. The maximum Gasteiger partial charge on any atom is 0.247 e. The standard InChI is InChI=1S/C34H49N3O5S/c1-8-12-21-35(19-9-2)32(41)29-34-18-17-33(7,43-34)27(28(34)31(40)37(29)26(22-38)23(5)6)30(39)36(20-10-3)24-13-15-25(16-14-24)42-11-4/h9-10,13-16,23,26-29,38H,2-3,8,11-12,17-22H2,1,4-7H3/t26-,27-,28-,29?,33+,34?/m0/s1. The maximum absolute atomic E-state index is 14.7. The molecule has 0 aliphatic carbocycles. The molecular weight excluding hydrogens is 562 g/mol. The summed E-state index contributed by atoms with van der Waals surface area (Å²) in [6, 6.07) is 6.12. The number of rotatable bonds is 15. The fourth-order valence-corrected chi connectivity index (χ4v) is 9.80. The fourth-order valence-electron chi connectivity index (χ4n) is 7.47. The lowest BCUT2D eigenvalue weighted by Gasteiger charge is -2.40. The second-order valence-electron chi connectivity index (χ2n) is 12.6. The topological polar surface area (TPSA) is 90.4 Å². The van der Waals surface area contributed by atoms with Crippen molar-refractivity contribution in [3.05, 3.63) is 49.6 Å². The molecule has 3 heterocycles. The Labute approximate surface area is 261 Å². The van der Waals surface area contributed by atoms with Gasteiger partial charge in [0.25, 0.3) is 0 Å². The molecule has 6 atom stereocenters. The highest BCUT2D eigenvalue weighted by Gasteiger charge is 2.78. The first kappa shape index (κ1) is 33.1. The Morgan fingerprint density at radius 1 is 1.14 bits per heavy atom. The molecule has 8 nitrogen and oxygen atoms in total. The van der Waals surface area contributed by atoms with Gasteiger partial charge in [-0.15, -0.1) is 24.9 Å². The van der Waals surface area contributed by atoms with E-state index in [1.165, 1.54) is 0 Å². The zero-order valence-corrected chi connectivity index (χ0v) is 27.3. The summed E-state index contributed by atoms with van der Waals surface area (Å²) in [5, 5.41) is 10.5. The quantitative estimate of drug-likeness (QED) is 0.283. The molecule has 3 aliphatic rings. The molecule has 1 aromatic carbocycles. The van der Waals surface area contributed by atoms with Gasteiger partial charge in [-0.1, -0.05) is 39.3 Å². The Bertz CT molecular complexity index is 1200. The van der Waals surface area contributed by atoms with Crippen LogP contribution in [0.2, 0.25) is 0 Å². The van der Waals surface area contributed by atoms with Crippen LogP contribution in [0.4, 0.5) is 5.69 Å². The second kappa shape index (κ2) is 13.5. The van der Waals surface area contributed by atoms with E-state index in [4.69, 9.17) is 4.74 Å². The summed E-state index contributed by atoms with van der Waals surface area (Å²) in [6.07, 6.45) is 6.59. The van der Waals surface area contributed by atoms with Gasteiger partial charge in [0, 0.05) is 30.1 Å². The van der Waals surface area contributed by atoms with Crippen LogP contribution in [0.25, 0.3) is 0 Å². The predicted molar refractivity (Wildman–Crippen MR) is 173 cm³/mol. The smallest absolute Gasteiger partial charge is 0.247 e. The van der Waals surface area contributed by atoms with Crippen LogP contribution in [0, 0.1) is 17.8 Å². The van der Waals surface area contributed by atoms with Crippen molar-refractivity contribution in [3.8, 4) is 5.75 Å². The van der Waals surface area contributed by atoms with Crippen LogP contribution < -0.4 is 9.64 Å². The first-order valence-corrected chi connectivity index (χ1v) is 16.5. The van der Waals surface area contributed by atoms with Gasteiger partial charge in [0.1, 0.15) is 11.8 Å². The third kappa shape index (κ3) is 5.75. The molecule has 2 bridgehead atoms. The number of unbranched alkanes of at least 4 members (excludes halogenated alkanes) is 1. The molecular formula is C34H49N3O5S. The van der Waals surface area contributed by atoms with Crippen molar-refractivity contribution in [3.63, 3.8) is 0 Å². The van der Waals surface area contributed by atoms with Crippen molar-refractivity contribution in [2.75, 3.05) is 37.7 Å². The minimum atomic E-state index is -0.760. The summed E-state index contributed by atoms with van der Waals surface area (Å²) in [5.41, 5.74) is 0.709. The molecule has 3 saturated heterocycles. The lowest BCUT2D eigenvalue weighted by Crippen LogP contribution is -2.58. The van der Waals surface area contributed by atoms with Gasteiger partial charge in [0.05, 0.1) is 35.8 Å². The van der Waals surface area contributed by atoms with Gasteiger partial charge >= 0.3 is 0 Å². The van der Waals surface area contributed by atoms with Gasteiger partial charge in [0.15, 0.2) is 0 Å². The zero-order valence-electron chi connectivity index (χ0n) is 26.5. The number of carbonyl (C=O) groups excluding carboxylic acids is 3. The van der Waals surface area contributed by atoms with Crippen molar-refractivity contribution in [2.24, 2.45) is 17.8 Å². The van der Waals surface area contributed by atoms with Crippen LogP contribution in [0.3, 0.4) is 0 Å². The minimum absolute atomic E-state index is 0.0731. The number of fused-ring (bicyclic) bond motifs is 1. The molecule has 43 heavy (non-hydrogen) atoms. The molecule has 0 saturated carbocycles. The number of aliphatic hydroxyl groups is 1. The van der Waals surface area contributed by atoms with Crippen LogP contribution in [0.1, 0.15) is 60.3 Å². The van der Waals surface area contributed by atoms with Crippen molar-refractivity contribution in [2.45, 2.75) is 81.9 Å². The van der Waals surface area contributed by atoms with E-state index in [0.29, 0.717) is 38.3 Å². The average molecular weight is 612 g/mol. The van der Waals surface area contributed by atoms with E-state index >= 15 is 0 Å². The first-order valence-electron chi connectivity index (χ1n) is 15.7. The van der Waals surface area contributed by atoms with Crippen molar-refractivity contribution >= 4 is 35.2 Å². The normalized spacial score (nSPS) is 28.1. The molecule has 3 fully saturated rings. The van der Waals surface area contributed by atoms with E-state index in [9.17, 15) is 19.5 Å². The van der Waals surface area contributed by atoms with Gasteiger partial charge in [-0.25, -0.2) is 0 Å². The van der Waals surface area contributed by atoms with E-state index in [1.807, 2.05) is 49.9 Å². The summed E-state index contributed by atoms with van der Waals surface area (Å²) in [7, 11) is 0. The van der Waals surface area contributed by atoms with Crippen LogP contribution in [0.5, 0.6) is 5.75 Å². The van der Waals surface area contributed by atoms with E-state index in [-0.39, 0.29) is 30.2 Å². The van der Waals surface area contributed by atoms with E-state index < -0.39 is 33.4 Å². The van der Waals surface area contributed by atoms with Crippen LogP contribution >= 0.6 is 11.8 Å². The Balaban J connectivity index is 1.80. The molecule has 3 aliphatic heterocycles. The van der Waals surface area contributed by atoms with Crippen LogP contribution in [0.15, 0.2) is 49.6 Å². The maximum atomic E-state index is 14.7. The number of nitrogens with zero attached hydrogens (tertiary/aromatic N) is 3. The molecule has 1 spiro atoms. The van der Waals surface area contributed by atoms with Gasteiger partial charge in [-0.05, 0) is 63.3 Å². The molecule has 1 N–H and O–H groups in total. The molecule has 236 valence electrons. The molecule has 0 radical (unpaired) electrons. The predicted octanol–water partition coefficient (Wildman–Crippen LogP) is 4.92. The summed E-state index contributed by atoms with van der Waals surface area (Å²) in [4.78, 5) is 49.1. The van der Waals surface area contributed by atoms with Gasteiger partial charge in [0.2, 0.25) is 17.7 Å². The van der Waals surface area contributed by atoms with E-state index in [1.54, 1.807) is 33.7 Å². The zero-order chi connectivity index (χ0) is 31.5. The number of ether oxygens (including phenoxy) is 1. The number of hydrogen-bond acceptors (Lipinski definition) is 6. The van der Waals surface area contributed by atoms with Gasteiger partial charge < -0.3 is 24.5 Å². The molecule has 4 rings (SSSR count). The van der Waals surface area contributed by atoms with Crippen molar-refractivity contribution in [1.82, 2.24) is 9.80 Å². The number of thioether (sulfide) groups is 1. The Morgan fingerprint density at radius 3 is 2.37 bits per heavy atom. The summed E-state index contributed by atoms with van der Waals surface area (Å²) >= 11 is 1.66. The number of hydrogen-bond donors (Lipinski definition) is 1. The Hall–Kier alpha value is -2.78. The highest BCUT2D eigenvalue weighted by atomic mass is 32.2. The molecule has 0 aromatic heterocycles. The summed E-state index contributed by atoms with van der Waals surface area (Å²) < 4.78 is 4.34. The van der Waals surface area contributed by atoms with Crippen LogP contribution in [-0.4, -0.2) is 87.1 Å². The summed E-state index contributed by atoms with van der Waals surface area (Å²) in [5.74, 6) is -1.08. The van der Waals surface area contributed by atoms with Crippen molar-refractivity contribution in [1.29, 1.82) is 0 Å². The Kier molecular flexibility index (Phi) is 10.4. The van der Waals surface area contributed by atoms with Crippen molar-refractivity contribution < 1.29 is 24.2 Å². The number of likely N-dealkylation sites (tertiary alicyclic amines) is 1. The highest BCUT2D eigenvalue weighted by molar-refractivity contribution is 8.02. The monoisotopic (exact) mass is 611 g/mol. The SMILES string of the molecule is C=CCN(CCCC)C(=O)C1N([C@@H](CO)C(C)C)C(=O)[C@@H]2[C@@H](C(=O)N(CC=C)c3ccc(OCC)cc3)[C@@]3(C)CCC12S3. The number of benzene rings is 1. The molecule has 9 heteroatoms. The third-order valence-corrected chi connectivity index (χ3v) is 11.5. The minimum Gasteiger partial charge on any atom is -0.494 e. The molecule has 2 unspecified atom stereocenters. The number of anilines is 1. The summed E-state index contributed by atoms with van der Waals surface area (Å²) in [6.45, 7) is 19.4. The lowest BCUT2D eigenvalue weighted by molar-refractivity contribution is -0.146. The fraction of sp³-hybridized carbons (Fsp3) is 0.618. The number of carbonyl (C=O) groups is 3. The number of amides is 3. The Morgan fingerprint density at radius 2 is 1.81 bits per heavy atom. The third-order valence-electron chi connectivity index (χ3n) is 9.51. The molecule has 3 amide bonds. The number of aliphatic hydroxyl groups excluding tert-OH is 1. The average Bonchev–Trinajstić information content (AvgIpc) is 3.55.